The molecule has 7 nitrogen and oxygen atoms in total. The van der Waals surface area contributed by atoms with E-state index in [1.54, 1.807) is 12.4 Å². The van der Waals surface area contributed by atoms with Crippen molar-refractivity contribution in [1.82, 2.24) is 14.9 Å². The van der Waals surface area contributed by atoms with Crippen LogP contribution in [0.4, 0.5) is 11.5 Å². The van der Waals surface area contributed by atoms with Gasteiger partial charge in [-0.25, -0.2) is 4.98 Å². The summed E-state index contributed by atoms with van der Waals surface area (Å²) in [5.41, 5.74) is 10.6. The van der Waals surface area contributed by atoms with Gasteiger partial charge in [-0.3, -0.25) is 9.88 Å². The van der Waals surface area contributed by atoms with Crippen molar-refractivity contribution in [1.29, 1.82) is 0 Å². The number of anilines is 2. The number of piperazine rings is 1. The Kier molecular flexibility index (Phi) is 4.65. The molecular weight excluding hydrogens is 366 g/mol. The van der Waals surface area contributed by atoms with Gasteiger partial charge in [0.15, 0.2) is 11.5 Å². The lowest BCUT2D eigenvalue weighted by molar-refractivity contribution is 0.174. The second kappa shape index (κ2) is 7.60. The van der Waals surface area contributed by atoms with Crippen molar-refractivity contribution in [3.8, 4) is 22.6 Å². The summed E-state index contributed by atoms with van der Waals surface area (Å²) < 4.78 is 10.9. The summed E-state index contributed by atoms with van der Waals surface area (Å²) >= 11 is 0. The highest BCUT2D eigenvalue weighted by Crippen LogP contribution is 2.34. The molecule has 2 aliphatic heterocycles. The molecule has 2 N–H and O–H groups in total. The first-order valence-corrected chi connectivity index (χ1v) is 9.78. The number of hydrogen-bond acceptors (Lipinski definition) is 7. The van der Waals surface area contributed by atoms with Crippen LogP contribution in [0.3, 0.4) is 0 Å². The average molecular weight is 389 g/mol. The van der Waals surface area contributed by atoms with Crippen molar-refractivity contribution in [2.45, 2.75) is 6.54 Å². The fraction of sp³-hybridized carbons (Fsp3) is 0.273. The second-order valence-electron chi connectivity index (χ2n) is 7.31. The Balaban J connectivity index is 1.29. The smallest absolute Gasteiger partial charge is 0.231 e. The zero-order valence-electron chi connectivity index (χ0n) is 16.1. The topological polar surface area (TPSA) is 76.7 Å². The van der Waals surface area contributed by atoms with Gasteiger partial charge in [-0.15, -0.1) is 0 Å². The second-order valence-corrected chi connectivity index (χ2v) is 7.31. The molecule has 0 aliphatic carbocycles. The van der Waals surface area contributed by atoms with Gasteiger partial charge in [0.05, 0.1) is 0 Å². The molecule has 29 heavy (non-hydrogen) atoms. The summed E-state index contributed by atoms with van der Waals surface area (Å²) in [6.07, 6.45) is 5.47. The molecule has 3 aromatic rings. The van der Waals surface area contributed by atoms with Crippen molar-refractivity contribution in [2.24, 2.45) is 0 Å². The number of aromatic nitrogens is 2. The zero-order valence-corrected chi connectivity index (χ0v) is 16.1. The first kappa shape index (κ1) is 17.8. The largest absolute Gasteiger partial charge is 0.454 e. The molecule has 2 aromatic heterocycles. The lowest BCUT2D eigenvalue weighted by Gasteiger charge is -2.37. The summed E-state index contributed by atoms with van der Waals surface area (Å²) in [5.74, 6) is 2.22. The average Bonchev–Trinajstić information content (AvgIpc) is 3.23. The van der Waals surface area contributed by atoms with Crippen LogP contribution in [0.5, 0.6) is 11.5 Å². The third kappa shape index (κ3) is 3.69. The highest BCUT2D eigenvalue weighted by atomic mass is 16.7. The lowest BCUT2D eigenvalue weighted by atomic mass is 10.1. The van der Waals surface area contributed by atoms with Crippen LogP contribution in [0.25, 0.3) is 11.1 Å². The van der Waals surface area contributed by atoms with Crippen LogP contribution >= 0.6 is 0 Å². The Hall–Kier alpha value is -3.32. The van der Waals surface area contributed by atoms with Gasteiger partial charge < -0.3 is 20.1 Å². The van der Waals surface area contributed by atoms with Crippen LogP contribution < -0.4 is 20.1 Å². The number of fused-ring (bicyclic) bond motifs is 1. The molecule has 1 aromatic carbocycles. The molecule has 0 amide bonds. The summed E-state index contributed by atoms with van der Waals surface area (Å²) in [6.45, 7) is 5.05. The summed E-state index contributed by atoms with van der Waals surface area (Å²) in [7, 11) is 0. The predicted molar refractivity (Wildman–Crippen MR) is 112 cm³/mol. The van der Waals surface area contributed by atoms with E-state index in [0.29, 0.717) is 12.6 Å². The fourth-order valence-electron chi connectivity index (χ4n) is 3.92. The molecule has 4 heterocycles. The van der Waals surface area contributed by atoms with Crippen molar-refractivity contribution in [2.75, 3.05) is 43.6 Å². The van der Waals surface area contributed by atoms with E-state index in [4.69, 9.17) is 15.2 Å². The van der Waals surface area contributed by atoms with E-state index >= 15 is 0 Å². The molecule has 0 spiro atoms. The zero-order chi connectivity index (χ0) is 19.6. The molecule has 148 valence electrons. The predicted octanol–water partition coefficient (Wildman–Crippen LogP) is 2.78. The summed E-state index contributed by atoms with van der Waals surface area (Å²) in [4.78, 5) is 13.3. The van der Waals surface area contributed by atoms with Crippen LogP contribution in [0.15, 0.2) is 55.0 Å². The number of benzene rings is 1. The van der Waals surface area contributed by atoms with Crippen LogP contribution in [-0.2, 0) is 6.54 Å². The molecule has 5 rings (SSSR count). The molecule has 0 atom stereocenters. The van der Waals surface area contributed by atoms with Crippen LogP contribution in [-0.4, -0.2) is 47.8 Å². The Bertz CT molecular complexity index is 1000. The minimum atomic E-state index is 0.312. The SMILES string of the molecule is Nc1cc(N2CCN(Cc3ccc4c(c3)OCO4)CC2)c(-c2ccncc2)cn1. The van der Waals surface area contributed by atoms with Gasteiger partial charge in [0.1, 0.15) is 5.82 Å². The van der Waals surface area contributed by atoms with E-state index in [2.05, 4.69) is 31.9 Å². The number of nitrogens with zero attached hydrogens (tertiary/aromatic N) is 4. The Morgan fingerprint density at radius 2 is 1.72 bits per heavy atom. The maximum atomic E-state index is 6.00. The Labute approximate surface area is 169 Å². The fourth-order valence-corrected chi connectivity index (χ4v) is 3.92. The van der Waals surface area contributed by atoms with E-state index in [1.165, 1.54) is 5.56 Å². The first-order valence-electron chi connectivity index (χ1n) is 9.78. The van der Waals surface area contributed by atoms with Crippen LogP contribution in [0.1, 0.15) is 5.56 Å². The van der Waals surface area contributed by atoms with Gasteiger partial charge in [0.25, 0.3) is 0 Å². The van der Waals surface area contributed by atoms with Crippen molar-refractivity contribution in [3.05, 3.63) is 60.6 Å². The van der Waals surface area contributed by atoms with Gasteiger partial charge in [-0.05, 0) is 35.4 Å². The van der Waals surface area contributed by atoms with Gasteiger partial charge >= 0.3 is 0 Å². The highest BCUT2D eigenvalue weighted by Gasteiger charge is 2.21. The minimum Gasteiger partial charge on any atom is -0.454 e. The minimum absolute atomic E-state index is 0.312. The molecule has 0 bridgehead atoms. The maximum Gasteiger partial charge on any atom is 0.231 e. The normalized spacial score (nSPS) is 16.2. The van der Waals surface area contributed by atoms with Crippen molar-refractivity contribution >= 4 is 11.5 Å². The highest BCUT2D eigenvalue weighted by molar-refractivity contribution is 5.79. The van der Waals surface area contributed by atoms with E-state index in [9.17, 15) is 0 Å². The quantitative estimate of drug-likeness (QED) is 0.735. The monoisotopic (exact) mass is 389 g/mol. The van der Waals surface area contributed by atoms with E-state index in [0.717, 1.165) is 61.0 Å². The van der Waals surface area contributed by atoms with Gasteiger partial charge in [0.2, 0.25) is 6.79 Å². The number of nitrogen functional groups attached to an aromatic ring is 1. The van der Waals surface area contributed by atoms with E-state index in [1.807, 2.05) is 30.5 Å². The van der Waals surface area contributed by atoms with E-state index in [-0.39, 0.29) is 0 Å². The van der Waals surface area contributed by atoms with Gasteiger partial charge in [-0.1, -0.05) is 6.07 Å². The van der Waals surface area contributed by atoms with Crippen molar-refractivity contribution < 1.29 is 9.47 Å². The number of rotatable bonds is 4. The molecule has 0 radical (unpaired) electrons. The molecule has 0 unspecified atom stereocenters. The van der Waals surface area contributed by atoms with Crippen molar-refractivity contribution in [3.63, 3.8) is 0 Å². The molecular formula is C22H23N5O2. The Morgan fingerprint density at radius 3 is 2.55 bits per heavy atom. The number of hydrogen-bond donors (Lipinski definition) is 1. The number of pyridine rings is 2. The third-order valence-corrected chi connectivity index (χ3v) is 5.45. The van der Waals surface area contributed by atoms with Gasteiger partial charge in [-0.2, -0.15) is 0 Å². The standard InChI is InChI=1S/C22H23N5O2/c23-22-12-19(18(13-25-22)17-3-5-24-6-4-17)27-9-7-26(8-10-27)14-16-1-2-20-21(11-16)29-15-28-20/h1-6,11-13H,7-10,14-15H2,(H2,23,25). The van der Waals surface area contributed by atoms with Crippen LogP contribution in [0, 0.1) is 0 Å². The molecule has 2 aliphatic rings. The summed E-state index contributed by atoms with van der Waals surface area (Å²) in [6, 6.07) is 12.2. The Morgan fingerprint density at radius 1 is 0.931 bits per heavy atom. The van der Waals surface area contributed by atoms with Gasteiger partial charge in [0, 0.05) is 68.6 Å². The lowest BCUT2D eigenvalue weighted by Crippen LogP contribution is -2.46. The molecule has 1 fully saturated rings. The summed E-state index contributed by atoms with van der Waals surface area (Å²) in [5, 5.41) is 0. The molecule has 0 saturated carbocycles. The number of nitrogens with two attached hydrogens (primary N) is 1. The molecule has 1 saturated heterocycles. The third-order valence-electron chi connectivity index (χ3n) is 5.45. The first-order chi connectivity index (χ1) is 14.3. The molecule has 7 heteroatoms. The van der Waals surface area contributed by atoms with E-state index < -0.39 is 0 Å². The van der Waals surface area contributed by atoms with Crippen LogP contribution in [0.2, 0.25) is 0 Å². The maximum absolute atomic E-state index is 6.00. The number of ether oxygens (including phenoxy) is 2.